The van der Waals surface area contributed by atoms with E-state index in [9.17, 15) is 18.0 Å². The Morgan fingerprint density at radius 1 is 1.44 bits per heavy atom. The molecule has 0 aliphatic rings. The highest BCUT2D eigenvalue weighted by atomic mass is 32.2. The Bertz CT molecular complexity index is 251. The summed E-state index contributed by atoms with van der Waals surface area (Å²) in [5.41, 5.74) is 0. The molecule has 0 aromatic rings. The molecule has 16 heavy (non-hydrogen) atoms. The minimum Gasteiger partial charge on any atom is -0.465 e. The number of thioether (sulfide) groups is 1. The lowest BCUT2D eigenvalue weighted by atomic mass is 10.5. The van der Waals surface area contributed by atoms with Crippen molar-refractivity contribution in [1.82, 2.24) is 0 Å². The monoisotopic (exact) mass is 276 g/mol. The van der Waals surface area contributed by atoms with Crippen molar-refractivity contribution < 1.29 is 27.4 Å². The summed E-state index contributed by atoms with van der Waals surface area (Å²) in [6.07, 6.45) is -6.04. The van der Waals surface area contributed by atoms with Gasteiger partial charge in [-0.2, -0.15) is 4.39 Å². The van der Waals surface area contributed by atoms with Gasteiger partial charge in [-0.25, -0.2) is 8.78 Å². The van der Waals surface area contributed by atoms with Gasteiger partial charge in [0, 0.05) is 0 Å². The van der Waals surface area contributed by atoms with E-state index in [1.165, 1.54) is 6.92 Å². The Morgan fingerprint density at radius 2 is 2.00 bits per heavy atom. The van der Waals surface area contributed by atoms with Crippen LogP contribution in [0.2, 0.25) is 0 Å². The number of esters is 1. The van der Waals surface area contributed by atoms with Crippen molar-refractivity contribution >= 4 is 34.3 Å². The van der Waals surface area contributed by atoms with E-state index in [4.69, 9.17) is 0 Å². The molecule has 0 fully saturated rings. The maximum Gasteiger partial charge on any atom is 0.319 e. The minimum absolute atomic E-state index is 0.195. The summed E-state index contributed by atoms with van der Waals surface area (Å²) in [6, 6.07) is 0. The van der Waals surface area contributed by atoms with Crippen molar-refractivity contribution in [3.63, 3.8) is 0 Å². The molecule has 8 heteroatoms. The first-order valence-electron chi connectivity index (χ1n) is 4.34. The quantitative estimate of drug-likeness (QED) is 0.569. The van der Waals surface area contributed by atoms with Gasteiger partial charge in [-0.3, -0.25) is 4.79 Å². The maximum absolute atomic E-state index is 12.4. The zero-order chi connectivity index (χ0) is 12.7. The van der Waals surface area contributed by atoms with Crippen molar-refractivity contribution in [2.45, 2.75) is 31.9 Å². The fourth-order valence-corrected chi connectivity index (χ4v) is 1.75. The molecule has 0 spiro atoms. The number of hydrogen-bond acceptors (Lipinski definition) is 5. The second-order valence-electron chi connectivity index (χ2n) is 2.57. The van der Waals surface area contributed by atoms with E-state index >= 15 is 0 Å². The van der Waals surface area contributed by atoms with Gasteiger partial charge in [0.15, 0.2) is 0 Å². The SMILES string of the molecule is CCOC(=O)C(C)SC(=S)OC(F)C(F)F. The van der Waals surface area contributed by atoms with Crippen LogP contribution in [0, 0.1) is 0 Å². The van der Waals surface area contributed by atoms with Gasteiger partial charge in [0.2, 0.25) is 4.38 Å². The topological polar surface area (TPSA) is 35.5 Å². The van der Waals surface area contributed by atoms with Crippen molar-refractivity contribution in [3.8, 4) is 0 Å². The van der Waals surface area contributed by atoms with Gasteiger partial charge in [0.1, 0.15) is 5.25 Å². The summed E-state index contributed by atoms with van der Waals surface area (Å²) < 4.78 is 44.1. The maximum atomic E-state index is 12.4. The van der Waals surface area contributed by atoms with Gasteiger partial charge < -0.3 is 9.47 Å². The second kappa shape index (κ2) is 7.72. The molecule has 0 saturated carbocycles. The Balaban J connectivity index is 4.00. The molecule has 2 atom stereocenters. The summed E-state index contributed by atoms with van der Waals surface area (Å²) in [5.74, 6) is -0.564. The minimum atomic E-state index is -3.27. The molecule has 0 N–H and O–H groups in total. The molecule has 0 bridgehead atoms. The Kier molecular flexibility index (Phi) is 7.48. The third-order valence-electron chi connectivity index (χ3n) is 1.30. The van der Waals surface area contributed by atoms with E-state index in [0.717, 1.165) is 0 Å². The lowest BCUT2D eigenvalue weighted by Gasteiger charge is -2.13. The Morgan fingerprint density at radius 3 is 2.44 bits per heavy atom. The normalized spacial score (nSPS) is 14.4. The molecule has 0 heterocycles. The number of hydrogen-bond donors (Lipinski definition) is 0. The van der Waals surface area contributed by atoms with Crippen molar-refractivity contribution in [3.05, 3.63) is 0 Å². The summed E-state index contributed by atoms with van der Waals surface area (Å²) in [4.78, 5) is 11.1. The molecule has 0 aromatic heterocycles. The van der Waals surface area contributed by atoms with Gasteiger partial charge >= 0.3 is 12.4 Å². The summed E-state index contributed by atoms with van der Waals surface area (Å²) in [7, 11) is 0. The van der Waals surface area contributed by atoms with Crippen LogP contribution in [0.5, 0.6) is 0 Å². The van der Waals surface area contributed by atoms with Crippen LogP contribution in [0.4, 0.5) is 13.2 Å². The van der Waals surface area contributed by atoms with E-state index in [1.807, 2.05) is 0 Å². The molecule has 0 rings (SSSR count). The number of alkyl halides is 3. The van der Waals surface area contributed by atoms with Crippen LogP contribution in [0.15, 0.2) is 0 Å². The van der Waals surface area contributed by atoms with E-state index in [0.29, 0.717) is 11.8 Å². The first-order chi connectivity index (χ1) is 7.38. The molecular formula is C8H11F3O3S2. The van der Waals surface area contributed by atoms with Crippen LogP contribution >= 0.6 is 24.0 Å². The summed E-state index contributed by atoms with van der Waals surface area (Å²) in [6.45, 7) is 3.27. The van der Waals surface area contributed by atoms with E-state index < -0.39 is 28.4 Å². The molecular weight excluding hydrogens is 265 g/mol. The van der Waals surface area contributed by atoms with Gasteiger partial charge in [-0.15, -0.1) is 0 Å². The molecule has 0 radical (unpaired) electrons. The average molecular weight is 276 g/mol. The van der Waals surface area contributed by atoms with Gasteiger partial charge in [0.05, 0.1) is 6.61 Å². The largest absolute Gasteiger partial charge is 0.465 e. The zero-order valence-electron chi connectivity index (χ0n) is 8.61. The van der Waals surface area contributed by atoms with Crippen LogP contribution < -0.4 is 0 Å². The lowest BCUT2D eigenvalue weighted by Crippen LogP contribution is -2.22. The number of rotatable bonds is 5. The van der Waals surface area contributed by atoms with Crippen LogP contribution in [0.3, 0.4) is 0 Å². The first-order valence-corrected chi connectivity index (χ1v) is 5.63. The number of thiocarbonyl (C=S) groups is 1. The van der Waals surface area contributed by atoms with Gasteiger partial charge in [-0.05, 0) is 26.1 Å². The Labute approximate surface area is 101 Å². The molecule has 2 unspecified atom stereocenters. The molecule has 0 aliphatic carbocycles. The third kappa shape index (κ3) is 6.16. The molecule has 0 aliphatic heterocycles. The number of ether oxygens (including phenoxy) is 2. The molecule has 0 aromatic carbocycles. The number of halogens is 3. The highest BCUT2D eigenvalue weighted by Gasteiger charge is 2.24. The molecule has 94 valence electrons. The highest BCUT2D eigenvalue weighted by molar-refractivity contribution is 8.23. The number of carbonyl (C=O) groups excluding carboxylic acids is 1. The standard InChI is InChI=1S/C8H11F3O3S2/c1-3-13-7(12)4(2)16-8(15)14-6(11)5(9)10/h4-6H,3H2,1-2H3. The fourth-order valence-electron chi connectivity index (χ4n) is 0.623. The highest BCUT2D eigenvalue weighted by Crippen LogP contribution is 2.19. The second-order valence-corrected chi connectivity index (χ2v) is 4.51. The van der Waals surface area contributed by atoms with Crippen molar-refractivity contribution in [1.29, 1.82) is 0 Å². The van der Waals surface area contributed by atoms with Crippen molar-refractivity contribution in [2.24, 2.45) is 0 Å². The predicted molar refractivity (Wildman–Crippen MR) is 58.3 cm³/mol. The first kappa shape index (κ1) is 15.5. The predicted octanol–water partition coefficient (Wildman–Crippen LogP) is 2.53. The molecule has 0 saturated heterocycles. The summed E-state index contributed by atoms with van der Waals surface area (Å²) >= 11 is 5.14. The Hall–Kier alpha value is -0.500. The van der Waals surface area contributed by atoms with Crippen LogP contribution in [0.1, 0.15) is 13.8 Å². The van der Waals surface area contributed by atoms with E-state index in [1.54, 1.807) is 6.92 Å². The van der Waals surface area contributed by atoms with Crippen LogP contribution in [-0.4, -0.2) is 35.0 Å². The number of carbonyl (C=O) groups is 1. The smallest absolute Gasteiger partial charge is 0.319 e. The molecule has 3 nitrogen and oxygen atoms in total. The van der Waals surface area contributed by atoms with Crippen LogP contribution in [0.25, 0.3) is 0 Å². The fraction of sp³-hybridized carbons (Fsp3) is 0.750. The lowest BCUT2D eigenvalue weighted by molar-refractivity contribution is -0.142. The van der Waals surface area contributed by atoms with E-state index in [-0.39, 0.29) is 6.61 Å². The van der Waals surface area contributed by atoms with Gasteiger partial charge in [0.25, 0.3) is 6.36 Å². The summed E-state index contributed by atoms with van der Waals surface area (Å²) in [5, 5.41) is -0.725. The average Bonchev–Trinajstić information content (AvgIpc) is 2.17. The van der Waals surface area contributed by atoms with Crippen LogP contribution in [-0.2, 0) is 14.3 Å². The zero-order valence-corrected chi connectivity index (χ0v) is 10.2. The van der Waals surface area contributed by atoms with Crippen molar-refractivity contribution in [2.75, 3.05) is 6.61 Å². The third-order valence-corrected chi connectivity index (χ3v) is 2.52. The van der Waals surface area contributed by atoms with Gasteiger partial charge in [-0.1, -0.05) is 11.8 Å². The van der Waals surface area contributed by atoms with E-state index in [2.05, 4.69) is 21.7 Å². The molecule has 0 amide bonds.